The first kappa shape index (κ1) is 16.5. The van der Waals surface area contributed by atoms with E-state index in [-0.39, 0.29) is 12.3 Å². The molecule has 0 aliphatic carbocycles. The normalized spacial score (nSPS) is 16.8. The summed E-state index contributed by atoms with van der Waals surface area (Å²) in [7, 11) is -3.22. The maximum Gasteiger partial charge on any atom is 0.253 e. The quantitative estimate of drug-likeness (QED) is 0.827. The highest BCUT2D eigenvalue weighted by Crippen LogP contribution is 2.13. The summed E-state index contributed by atoms with van der Waals surface area (Å²) in [4.78, 5) is 14.2. The standard InChI is InChI=1S/C15H19N3O3S/c1-22(20,21)18-9-3-8-17(10-11-18)15(19)14-5-2-4-13(12-14)6-7-16/h2,4-5,12H,3,6,8-11H2,1H3. The minimum Gasteiger partial charge on any atom is -0.337 e. The van der Waals surface area contributed by atoms with Crippen molar-refractivity contribution in [2.45, 2.75) is 12.8 Å². The van der Waals surface area contributed by atoms with Crippen LogP contribution in [0, 0.1) is 11.3 Å². The maximum atomic E-state index is 12.5. The number of benzene rings is 1. The van der Waals surface area contributed by atoms with Crippen molar-refractivity contribution < 1.29 is 13.2 Å². The van der Waals surface area contributed by atoms with Crippen LogP contribution in [0.3, 0.4) is 0 Å². The van der Waals surface area contributed by atoms with E-state index in [9.17, 15) is 13.2 Å². The Morgan fingerprint density at radius 2 is 2.05 bits per heavy atom. The molecule has 1 aliphatic rings. The van der Waals surface area contributed by atoms with Crippen LogP contribution in [0.5, 0.6) is 0 Å². The summed E-state index contributed by atoms with van der Waals surface area (Å²) >= 11 is 0. The van der Waals surface area contributed by atoms with Crippen LogP contribution >= 0.6 is 0 Å². The number of amides is 1. The summed E-state index contributed by atoms with van der Waals surface area (Å²) < 4.78 is 24.6. The van der Waals surface area contributed by atoms with E-state index in [0.717, 1.165) is 5.56 Å². The second-order valence-corrected chi connectivity index (χ2v) is 7.33. The van der Waals surface area contributed by atoms with E-state index in [0.29, 0.717) is 38.2 Å². The Labute approximate surface area is 131 Å². The number of rotatable bonds is 3. The van der Waals surface area contributed by atoms with Gasteiger partial charge >= 0.3 is 0 Å². The molecule has 0 atom stereocenters. The van der Waals surface area contributed by atoms with Gasteiger partial charge in [-0.05, 0) is 24.1 Å². The molecule has 0 unspecified atom stereocenters. The summed E-state index contributed by atoms with van der Waals surface area (Å²) in [6.07, 6.45) is 2.08. The fraction of sp³-hybridized carbons (Fsp3) is 0.467. The molecule has 0 saturated carbocycles. The van der Waals surface area contributed by atoms with Gasteiger partial charge in [0, 0.05) is 31.7 Å². The van der Waals surface area contributed by atoms with Gasteiger partial charge in [0.2, 0.25) is 10.0 Å². The predicted octanol–water partition coefficient (Wildman–Crippen LogP) is 0.860. The van der Waals surface area contributed by atoms with Crippen molar-refractivity contribution >= 4 is 15.9 Å². The summed E-state index contributed by atoms with van der Waals surface area (Å²) in [6.45, 7) is 1.68. The lowest BCUT2D eigenvalue weighted by Gasteiger charge is -2.21. The summed E-state index contributed by atoms with van der Waals surface area (Å²) in [6, 6.07) is 9.09. The largest absolute Gasteiger partial charge is 0.337 e. The number of carbonyl (C=O) groups is 1. The number of sulfonamides is 1. The van der Waals surface area contributed by atoms with Gasteiger partial charge in [-0.15, -0.1) is 0 Å². The van der Waals surface area contributed by atoms with Gasteiger partial charge in [-0.25, -0.2) is 12.7 Å². The molecule has 0 N–H and O–H groups in total. The molecular formula is C15H19N3O3S. The van der Waals surface area contributed by atoms with Crippen LogP contribution in [0.15, 0.2) is 24.3 Å². The maximum absolute atomic E-state index is 12.5. The topological polar surface area (TPSA) is 81.5 Å². The van der Waals surface area contributed by atoms with Gasteiger partial charge in [-0.2, -0.15) is 5.26 Å². The Bertz CT molecular complexity index is 694. The van der Waals surface area contributed by atoms with E-state index in [1.165, 1.54) is 10.6 Å². The van der Waals surface area contributed by atoms with Crippen molar-refractivity contribution in [1.82, 2.24) is 9.21 Å². The lowest BCUT2D eigenvalue weighted by Crippen LogP contribution is -2.36. The minimum absolute atomic E-state index is 0.116. The molecule has 118 valence electrons. The molecule has 7 heteroatoms. The summed E-state index contributed by atoms with van der Waals surface area (Å²) in [5.74, 6) is -0.116. The molecule has 0 spiro atoms. The van der Waals surface area contributed by atoms with Gasteiger partial charge in [-0.3, -0.25) is 4.79 Å². The predicted molar refractivity (Wildman–Crippen MR) is 82.7 cm³/mol. The molecule has 1 amide bonds. The van der Waals surface area contributed by atoms with Crippen LogP contribution in [-0.4, -0.2) is 56.0 Å². The average molecular weight is 321 g/mol. The van der Waals surface area contributed by atoms with Gasteiger partial charge in [-0.1, -0.05) is 12.1 Å². The van der Waals surface area contributed by atoms with Crippen LogP contribution in [0.4, 0.5) is 0 Å². The Kier molecular flexibility index (Phi) is 5.16. The van der Waals surface area contributed by atoms with Crippen molar-refractivity contribution in [2.75, 3.05) is 32.4 Å². The van der Waals surface area contributed by atoms with Gasteiger partial charge in [0.05, 0.1) is 18.7 Å². The molecule has 0 aromatic heterocycles. The molecule has 1 fully saturated rings. The van der Waals surface area contributed by atoms with Gasteiger partial charge in [0.1, 0.15) is 0 Å². The highest BCUT2D eigenvalue weighted by molar-refractivity contribution is 7.88. The van der Waals surface area contributed by atoms with E-state index >= 15 is 0 Å². The zero-order valence-electron chi connectivity index (χ0n) is 12.5. The molecule has 2 rings (SSSR count). The summed E-state index contributed by atoms with van der Waals surface area (Å²) in [5, 5.41) is 8.73. The number of hydrogen-bond donors (Lipinski definition) is 0. The third kappa shape index (κ3) is 4.06. The first-order chi connectivity index (χ1) is 10.4. The fourth-order valence-corrected chi connectivity index (χ4v) is 3.39. The Morgan fingerprint density at radius 1 is 1.27 bits per heavy atom. The average Bonchev–Trinajstić information content (AvgIpc) is 2.73. The number of nitriles is 1. The van der Waals surface area contributed by atoms with Crippen LogP contribution in [0.2, 0.25) is 0 Å². The van der Waals surface area contributed by atoms with Crippen molar-refractivity contribution in [1.29, 1.82) is 5.26 Å². The van der Waals surface area contributed by atoms with E-state index in [1.807, 2.05) is 6.07 Å². The second kappa shape index (κ2) is 6.90. The SMILES string of the molecule is CS(=O)(=O)N1CCCN(C(=O)c2cccc(CC#N)c2)CC1. The van der Waals surface area contributed by atoms with Crippen LogP contribution in [-0.2, 0) is 16.4 Å². The van der Waals surface area contributed by atoms with E-state index in [4.69, 9.17) is 5.26 Å². The fourth-order valence-electron chi connectivity index (χ4n) is 2.52. The first-order valence-corrected chi connectivity index (χ1v) is 8.97. The zero-order chi connectivity index (χ0) is 16.2. The van der Waals surface area contributed by atoms with Gasteiger partial charge < -0.3 is 4.90 Å². The van der Waals surface area contributed by atoms with Crippen molar-refractivity contribution in [2.24, 2.45) is 0 Å². The molecule has 0 radical (unpaired) electrons. The van der Waals surface area contributed by atoms with Gasteiger partial charge in [0.15, 0.2) is 0 Å². The molecule has 1 saturated heterocycles. The molecule has 1 aromatic rings. The monoisotopic (exact) mass is 321 g/mol. The lowest BCUT2D eigenvalue weighted by molar-refractivity contribution is 0.0764. The van der Waals surface area contributed by atoms with Crippen molar-refractivity contribution in [3.05, 3.63) is 35.4 Å². The second-order valence-electron chi connectivity index (χ2n) is 5.34. The Hall–Kier alpha value is -1.91. The van der Waals surface area contributed by atoms with Gasteiger partial charge in [0.25, 0.3) is 5.91 Å². The smallest absolute Gasteiger partial charge is 0.253 e. The minimum atomic E-state index is -3.22. The molecule has 1 aliphatic heterocycles. The molecule has 6 nitrogen and oxygen atoms in total. The van der Waals surface area contributed by atoms with E-state index in [2.05, 4.69) is 6.07 Å². The van der Waals surface area contributed by atoms with Crippen molar-refractivity contribution in [3.63, 3.8) is 0 Å². The third-order valence-corrected chi connectivity index (χ3v) is 4.97. The lowest BCUT2D eigenvalue weighted by atomic mass is 10.1. The first-order valence-electron chi connectivity index (χ1n) is 7.12. The molecule has 1 heterocycles. The molecule has 0 bridgehead atoms. The molecule has 22 heavy (non-hydrogen) atoms. The highest BCUT2D eigenvalue weighted by atomic mass is 32.2. The molecule has 1 aromatic carbocycles. The van der Waals surface area contributed by atoms with E-state index < -0.39 is 10.0 Å². The number of nitrogens with zero attached hydrogens (tertiary/aromatic N) is 3. The Balaban J connectivity index is 2.10. The zero-order valence-corrected chi connectivity index (χ0v) is 13.3. The van der Waals surface area contributed by atoms with Crippen molar-refractivity contribution in [3.8, 4) is 6.07 Å². The van der Waals surface area contributed by atoms with Crippen LogP contribution in [0.1, 0.15) is 22.3 Å². The van der Waals surface area contributed by atoms with Crippen LogP contribution in [0.25, 0.3) is 0 Å². The Morgan fingerprint density at radius 3 is 2.73 bits per heavy atom. The van der Waals surface area contributed by atoms with E-state index in [1.54, 1.807) is 23.1 Å². The third-order valence-electron chi connectivity index (χ3n) is 3.67. The number of carbonyl (C=O) groups excluding carboxylic acids is 1. The number of hydrogen-bond acceptors (Lipinski definition) is 4. The highest BCUT2D eigenvalue weighted by Gasteiger charge is 2.24. The summed E-state index contributed by atoms with van der Waals surface area (Å²) in [5.41, 5.74) is 1.35. The van der Waals surface area contributed by atoms with Crippen LogP contribution < -0.4 is 0 Å². The molecular weight excluding hydrogens is 302 g/mol.